The van der Waals surface area contributed by atoms with E-state index in [2.05, 4.69) is 10.2 Å². The molecule has 2 aromatic carbocycles. The molecule has 5 nitrogen and oxygen atoms in total. The summed E-state index contributed by atoms with van der Waals surface area (Å²) in [5, 5.41) is 2.98. The number of carbonyl (C=O) groups is 2. The number of likely N-dealkylation sites (tertiary alicyclic amines) is 1. The number of nitrogens with one attached hydrogen (secondary N) is 1. The fourth-order valence-corrected chi connectivity index (χ4v) is 3.38. The van der Waals surface area contributed by atoms with Crippen molar-refractivity contribution in [1.82, 2.24) is 9.80 Å². The molecule has 142 valence electrons. The predicted octanol–water partition coefficient (Wildman–Crippen LogP) is 3.00. The highest BCUT2D eigenvalue weighted by Crippen LogP contribution is 2.19. The van der Waals surface area contributed by atoms with Crippen LogP contribution in [-0.2, 0) is 16.1 Å². The van der Waals surface area contributed by atoms with Crippen LogP contribution < -0.4 is 5.32 Å². The summed E-state index contributed by atoms with van der Waals surface area (Å²) in [7, 11) is 1.84. The molecule has 3 rings (SSSR count). The zero-order valence-electron chi connectivity index (χ0n) is 15.8. The SMILES string of the molecule is CN(Cc1ccccc1)C(=O)CN1CCC(C(=O)Nc2ccccc2)CC1. The third-order valence-electron chi connectivity index (χ3n) is 5.05. The molecule has 5 heteroatoms. The first-order valence-electron chi connectivity index (χ1n) is 9.48. The number of piperidine rings is 1. The molecule has 1 aliphatic heterocycles. The van der Waals surface area contributed by atoms with Gasteiger partial charge in [-0.2, -0.15) is 0 Å². The minimum Gasteiger partial charge on any atom is -0.340 e. The Balaban J connectivity index is 1.42. The smallest absolute Gasteiger partial charge is 0.236 e. The fourth-order valence-electron chi connectivity index (χ4n) is 3.38. The van der Waals surface area contributed by atoms with Crippen LogP contribution in [0.2, 0.25) is 0 Å². The molecule has 1 saturated heterocycles. The lowest BCUT2D eigenvalue weighted by Gasteiger charge is -2.32. The maximum absolute atomic E-state index is 12.5. The Morgan fingerprint density at radius 1 is 1.00 bits per heavy atom. The van der Waals surface area contributed by atoms with Gasteiger partial charge in [0.2, 0.25) is 11.8 Å². The molecule has 0 bridgehead atoms. The van der Waals surface area contributed by atoms with Crippen molar-refractivity contribution in [3.63, 3.8) is 0 Å². The lowest BCUT2D eigenvalue weighted by molar-refractivity contribution is -0.132. The van der Waals surface area contributed by atoms with Crippen molar-refractivity contribution in [2.45, 2.75) is 19.4 Å². The van der Waals surface area contributed by atoms with Crippen LogP contribution in [0, 0.1) is 5.92 Å². The molecule has 2 aromatic rings. The van der Waals surface area contributed by atoms with Gasteiger partial charge in [-0.3, -0.25) is 14.5 Å². The standard InChI is InChI=1S/C22H27N3O2/c1-24(16-18-8-4-2-5-9-18)21(26)17-25-14-12-19(13-15-25)22(27)23-20-10-6-3-7-11-20/h2-11,19H,12-17H2,1H3,(H,23,27). The quantitative estimate of drug-likeness (QED) is 0.856. The van der Waals surface area contributed by atoms with Gasteiger partial charge in [-0.1, -0.05) is 48.5 Å². The van der Waals surface area contributed by atoms with E-state index < -0.39 is 0 Å². The molecule has 0 aromatic heterocycles. The second-order valence-electron chi connectivity index (χ2n) is 7.14. The van der Waals surface area contributed by atoms with Crippen LogP contribution in [-0.4, -0.2) is 48.3 Å². The van der Waals surface area contributed by atoms with Gasteiger partial charge in [-0.15, -0.1) is 0 Å². The number of hydrogen-bond donors (Lipinski definition) is 1. The maximum Gasteiger partial charge on any atom is 0.236 e. The average Bonchev–Trinajstić information content (AvgIpc) is 2.70. The first kappa shape index (κ1) is 19.1. The first-order valence-corrected chi connectivity index (χ1v) is 9.48. The third kappa shape index (κ3) is 5.66. The zero-order valence-corrected chi connectivity index (χ0v) is 15.8. The summed E-state index contributed by atoms with van der Waals surface area (Å²) in [4.78, 5) is 28.8. The number of benzene rings is 2. The topological polar surface area (TPSA) is 52.7 Å². The minimum atomic E-state index is 0.0126. The summed E-state index contributed by atoms with van der Waals surface area (Å²) in [6.07, 6.45) is 1.57. The van der Waals surface area contributed by atoms with Crippen molar-refractivity contribution >= 4 is 17.5 Å². The van der Waals surface area contributed by atoms with Gasteiger partial charge >= 0.3 is 0 Å². The van der Waals surface area contributed by atoms with Crippen molar-refractivity contribution in [2.24, 2.45) is 5.92 Å². The van der Waals surface area contributed by atoms with E-state index in [4.69, 9.17) is 0 Å². The highest BCUT2D eigenvalue weighted by atomic mass is 16.2. The lowest BCUT2D eigenvalue weighted by Crippen LogP contribution is -2.43. The Bertz CT molecular complexity index is 741. The van der Waals surface area contributed by atoms with E-state index in [0.717, 1.165) is 37.2 Å². The Morgan fingerprint density at radius 2 is 1.59 bits per heavy atom. The van der Waals surface area contributed by atoms with Crippen molar-refractivity contribution in [3.8, 4) is 0 Å². The Hall–Kier alpha value is -2.66. The van der Waals surface area contributed by atoms with E-state index >= 15 is 0 Å². The molecule has 0 unspecified atom stereocenters. The molecule has 1 aliphatic rings. The van der Waals surface area contributed by atoms with Gasteiger partial charge in [0.25, 0.3) is 0 Å². The van der Waals surface area contributed by atoms with Gasteiger partial charge in [0.05, 0.1) is 6.54 Å². The van der Waals surface area contributed by atoms with Gasteiger partial charge in [0.1, 0.15) is 0 Å². The normalized spacial score (nSPS) is 15.3. The van der Waals surface area contributed by atoms with Crippen LogP contribution in [0.5, 0.6) is 0 Å². The largest absolute Gasteiger partial charge is 0.340 e. The summed E-state index contributed by atoms with van der Waals surface area (Å²) in [6, 6.07) is 19.6. The summed E-state index contributed by atoms with van der Waals surface area (Å²) >= 11 is 0. The highest BCUT2D eigenvalue weighted by Gasteiger charge is 2.26. The molecule has 1 N–H and O–H groups in total. The fraction of sp³-hybridized carbons (Fsp3) is 0.364. The van der Waals surface area contributed by atoms with E-state index in [-0.39, 0.29) is 17.7 Å². The molecule has 0 spiro atoms. The van der Waals surface area contributed by atoms with Crippen LogP contribution in [0.4, 0.5) is 5.69 Å². The molecule has 1 heterocycles. The Morgan fingerprint density at radius 3 is 2.22 bits per heavy atom. The lowest BCUT2D eigenvalue weighted by atomic mass is 9.95. The van der Waals surface area contributed by atoms with Gasteiger partial charge in [0.15, 0.2) is 0 Å². The molecule has 0 aliphatic carbocycles. The second-order valence-corrected chi connectivity index (χ2v) is 7.14. The van der Waals surface area contributed by atoms with Gasteiger partial charge < -0.3 is 10.2 Å². The molecular weight excluding hydrogens is 338 g/mol. The Labute approximate surface area is 161 Å². The van der Waals surface area contributed by atoms with Crippen LogP contribution >= 0.6 is 0 Å². The molecule has 0 saturated carbocycles. The molecule has 27 heavy (non-hydrogen) atoms. The van der Waals surface area contributed by atoms with Crippen molar-refractivity contribution in [3.05, 3.63) is 66.2 Å². The van der Waals surface area contributed by atoms with Gasteiger partial charge in [-0.25, -0.2) is 0 Å². The first-order chi connectivity index (χ1) is 13.1. The maximum atomic E-state index is 12.5. The number of anilines is 1. The van der Waals surface area contributed by atoms with Crippen LogP contribution in [0.25, 0.3) is 0 Å². The monoisotopic (exact) mass is 365 g/mol. The number of rotatable bonds is 6. The predicted molar refractivity (Wildman–Crippen MR) is 107 cm³/mol. The zero-order chi connectivity index (χ0) is 19.1. The van der Waals surface area contributed by atoms with Crippen LogP contribution in [0.15, 0.2) is 60.7 Å². The highest BCUT2D eigenvalue weighted by molar-refractivity contribution is 5.92. The van der Waals surface area contributed by atoms with E-state index in [9.17, 15) is 9.59 Å². The van der Waals surface area contributed by atoms with Crippen LogP contribution in [0.1, 0.15) is 18.4 Å². The van der Waals surface area contributed by atoms with E-state index in [0.29, 0.717) is 13.1 Å². The number of carbonyl (C=O) groups excluding carboxylic acids is 2. The van der Waals surface area contributed by atoms with Crippen molar-refractivity contribution in [1.29, 1.82) is 0 Å². The van der Waals surface area contributed by atoms with Gasteiger partial charge in [0, 0.05) is 25.2 Å². The molecular formula is C22H27N3O2. The summed E-state index contributed by atoms with van der Waals surface area (Å²) < 4.78 is 0. The van der Waals surface area contributed by atoms with Gasteiger partial charge in [-0.05, 0) is 43.6 Å². The van der Waals surface area contributed by atoms with E-state index in [1.54, 1.807) is 4.90 Å². The van der Waals surface area contributed by atoms with E-state index in [1.807, 2.05) is 67.7 Å². The Kier molecular flexibility index (Phi) is 6.60. The van der Waals surface area contributed by atoms with Crippen molar-refractivity contribution in [2.75, 3.05) is 32.0 Å². The van der Waals surface area contributed by atoms with E-state index in [1.165, 1.54) is 0 Å². The molecule has 2 amide bonds. The number of nitrogens with zero attached hydrogens (tertiary/aromatic N) is 2. The summed E-state index contributed by atoms with van der Waals surface area (Å²) in [5.74, 6) is 0.206. The number of para-hydroxylation sites is 1. The molecule has 0 atom stereocenters. The average molecular weight is 365 g/mol. The number of amides is 2. The molecule has 1 fully saturated rings. The summed E-state index contributed by atoms with van der Waals surface area (Å²) in [5.41, 5.74) is 1.97. The van der Waals surface area contributed by atoms with Crippen molar-refractivity contribution < 1.29 is 9.59 Å². The van der Waals surface area contributed by atoms with Crippen LogP contribution in [0.3, 0.4) is 0 Å². The second kappa shape index (κ2) is 9.33. The number of hydrogen-bond acceptors (Lipinski definition) is 3. The summed E-state index contributed by atoms with van der Waals surface area (Å²) in [6.45, 7) is 2.58. The third-order valence-corrected chi connectivity index (χ3v) is 5.05. The number of likely N-dealkylation sites (N-methyl/N-ethyl adjacent to an activating group) is 1. The minimum absolute atomic E-state index is 0.0126. The molecule has 0 radical (unpaired) electrons.